The molecule has 1 aromatic carbocycles. The highest BCUT2D eigenvalue weighted by Gasteiger charge is 2.08. The van der Waals surface area contributed by atoms with Crippen molar-refractivity contribution in [3.05, 3.63) is 40.6 Å². The SMILES string of the molecule is O=[N+]([O-])c1ccc2ccn(CCCCF)c2c1. The first-order chi connectivity index (χ1) is 8.22. The van der Waals surface area contributed by atoms with Crippen LogP contribution in [0.25, 0.3) is 10.9 Å². The molecular formula is C12H13FN2O2. The zero-order chi connectivity index (χ0) is 12.3. The summed E-state index contributed by atoms with van der Waals surface area (Å²) in [6, 6.07) is 6.70. The van der Waals surface area contributed by atoms with Crippen LogP contribution in [-0.2, 0) is 6.54 Å². The molecule has 0 fully saturated rings. The van der Waals surface area contributed by atoms with Gasteiger partial charge in [-0.15, -0.1) is 0 Å². The maximum atomic E-state index is 12.0. The Hall–Kier alpha value is -1.91. The number of hydrogen-bond donors (Lipinski definition) is 0. The molecule has 0 radical (unpaired) electrons. The fraction of sp³-hybridized carbons (Fsp3) is 0.333. The molecular weight excluding hydrogens is 223 g/mol. The summed E-state index contributed by atoms with van der Waals surface area (Å²) in [5, 5.41) is 11.7. The third-order valence-corrected chi connectivity index (χ3v) is 2.75. The lowest BCUT2D eigenvalue weighted by Gasteiger charge is -2.03. The minimum absolute atomic E-state index is 0.0861. The van der Waals surface area contributed by atoms with Crippen molar-refractivity contribution in [3.8, 4) is 0 Å². The second-order valence-electron chi connectivity index (χ2n) is 3.91. The lowest BCUT2D eigenvalue weighted by atomic mass is 10.2. The van der Waals surface area contributed by atoms with Gasteiger partial charge in [-0.2, -0.15) is 0 Å². The number of aromatic nitrogens is 1. The minimum atomic E-state index is -0.404. The van der Waals surface area contributed by atoms with E-state index in [0.717, 1.165) is 17.3 Å². The van der Waals surface area contributed by atoms with Gasteiger partial charge in [-0.3, -0.25) is 14.5 Å². The number of fused-ring (bicyclic) bond motifs is 1. The fourth-order valence-corrected chi connectivity index (χ4v) is 1.86. The van der Waals surface area contributed by atoms with E-state index in [0.29, 0.717) is 13.0 Å². The Morgan fingerprint density at radius 1 is 1.29 bits per heavy atom. The van der Waals surface area contributed by atoms with Gasteiger partial charge in [0.15, 0.2) is 0 Å². The van der Waals surface area contributed by atoms with E-state index in [1.807, 2.05) is 16.8 Å². The maximum Gasteiger partial charge on any atom is 0.271 e. The summed E-state index contributed by atoms with van der Waals surface area (Å²) < 4.78 is 13.9. The van der Waals surface area contributed by atoms with Crippen LogP contribution in [-0.4, -0.2) is 16.2 Å². The zero-order valence-electron chi connectivity index (χ0n) is 9.30. The monoisotopic (exact) mass is 236 g/mol. The Labute approximate surface area is 97.8 Å². The zero-order valence-corrected chi connectivity index (χ0v) is 9.30. The molecule has 0 amide bonds. The summed E-state index contributed by atoms with van der Waals surface area (Å²) in [5.74, 6) is 0. The van der Waals surface area contributed by atoms with Crippen LogP contribution >= 0.6 is 0 Å². The Kier molecular flexibility index (Phi) is 3.37. The van der Waals surface area contributed by atoms with Crippen LogP contribution in [0.4, 0.5) is 10.1 Å². The van der Waals surface area contributed by atoms with Crippen molar-refractivity contribution in [3.63, 3.8) is 0 Å². The predicted octanol–water partition coefficient (Wildman–Crippen LogP) is 3.30. The molecule has 5 heteroatoms. The summed E-state index contributed by atoms with van der Waals surface area (Å²) in [5.41, 5.74) is 0.918. The van der Waals surface area contributed by atoms with Gasteiger partial charge in [0.25, 0.3) is 5.69 Å². The largest absolute Gasteiger partial charge is 0.347 e. The third-order valence-electron chi connectivity index (χ3n) is 2.75. The molecule has 1 heterocycles. The lowest BCUT2D eigenvalue weighted by molar-refractivity contribution is -0.384. The standard InChI is InChI=1S/C12H13FN2O2/c13-6-1-2-7-14-8-5-10-3-4-11(15(16)17)9-12(10)14/h3-5,8-9H,1-2,6-7H2. The Bertz CT molecular complexity index is 536. The van der Waals surface area contributed by atoms with E-state index >= 15 is 0 Å². The van der Waals surface area contributed by atoms with Crippen molar-refractivity contribution in [2.45, 2.75) is 19.4 Å². The van der Waals surface area contributed by atoms with Gasteiger partial charge in [-0.05, 0) is 25.0 Å². The molecule has 0 saturated carbocycles. The summed E-state index contributed by atoms with van der Waals surface area (Å²) in [4.78, 5) is 10.3. The average Bonchev–Trinajstić information content (AvgIpc) is 2.72. The van der Waals surface area contributed by atoms with Crippen LogP contribution in [0.2, 0.25) is 0 Å². The van der Waals surface area contributed by atoms with Gasteiger partial charge >= 0.3 is 0 Å². The topological polar surface area (TPSA) is 48.1 Å². The summed E-state index contributed by atoms with van der Waals surface area (Å²) in [6.45, 7) is 0.369. The molecule has 17 heavy (non-hydrogen) atoms. The van der Waals surface area contributed by atoms with Gasteiger partial charge in [0.05, 0.1) is 17.1 Å². The molecule has 1 aromatic heterocycles. The van der Waals surface area contributed by atoms with Crippen molar-refractivity contribution in [2.75, 3.05) is 6.67 Å². The normalized spacial score (nSPS) is 10.9. The van der Waals surface area contributed by atoms with Crippen LogP contribution in [0.1, 0.15) is 12.8 Å². The van der Waals surface area contributed by atoms with Gasteiger partial charge in [-0.1, -0.05) is 0 Å². The molecule has 4 nitrogen and oxygen atoms in total. The molecule has 0 saturated heterocycles. The van der Waals surface area contributed by atoms with E-state index in [2.05, 4.69) is 0 Å². The number of halogens is 1. The highest BCUT2D eigenvalue weighted by Crippen LogP contribution is 2.22. The highest BCUT2D eigenvalue weighted by molar-refractivity contribution is 5.82. The quantitative estimate of drug-likeness (QED) is 0.454. The van der Waals surface area contributed by atoms with Crippen molar-refractivity contribution in [2.24, 2.45) is 0 Å². The molecule has 0 aliphatic carbocycles. The molecule has 0 atom stereocenters. The number of alkyl halides is 1. The van der Waals surface area contributed by atoms with E-state index in [1.165, 1.54) is 6.07 Å². The molecule has 0 bridgehead atoms. The van der Waals surface area contributed by atoms with Crippen molar-refractivity contribution >= 4 is 16.6 Å². The van der Waals surface area contributed by atoms with E-state index in [-0.39, 0.29) is 12.4 Å². The van der Waals surface area contributed by atoms with Crippen LogP contribution in [0, 0.1) is 10.1 Å². The Morgan fingerprint density at radius 3 is 2.82 bits per heavy atom. The van der Waals surface area contributed by atoms with Crippen molar-refractivity contribution in [1.82, 2.24) is 4.57 Å². The third kappa shape index (κ3) is 2.43. The Balaban J connectivity index is 2.30. The van der Waals surface area contributed by atoms with E-state index < -0.39 is 4.92 Å². The number of rotatable bonds is 5. The Morgan fingerprint density at radius 2 is 2.12 bits per heavy atom. The number of nitrogens with zero attached hydrogens (tertiary/aromatic N) is 2. The number of unbranched alkanes of at least 4 members (excludes halogenated alkanes) is 1. The number of non-ortho nitro benzene ring substituents is 1. The number of benzene rings is 1. The van der Waals surface area contributed by atoms with Crippen LogP contribution in [0.15, 0.2) is 30.5 Å². The molecule has 0 aliphatic heterocycles. The number of hydrogen-bond acceptors (Lipinski definition) is 2. The van der Waals surface area contributed by atoms with E-state index in [1.54, 1.807) is 12.1 Å². The average molecular weight is 236 g/mol. The van der Waals surface area contributed by atoms with Crippen molar-refractivity contribution in [1.29, 1.82) is 0 Å². The van der Waals surface area contributed by atoms with Gasteiger partial charge in [0.1, 0.15) is 0 Å². The molecule has 90 valence electrons. The number of nitro benzene ring substituents is 1. The van der Waals surface area contributed by atoms with Gasteiger partial charge < -0.3 is 4.57 Å². The second kappa shape index (κ2) is 4.95. The van der Waals surface area contributed by atoms with Crippen LogP contribution in [0.3, 0.4) is 0 Å². The first kappa shape index (κ1) is 11.6. The smallest absolute Gasteiger partial charge is 0.271 e. The summed E-state index contributed by atoms with van der Waals surface area (Å²) in [7, 11) is 0. The lowest BCUT2D eigenvalue weighted by Crippen LogP contribution is -1.97. The minimum Gasteiger partial charge on any atom is -0.347 e. The number of nitro groups is 1. The highest BCUT2D eigenvalue weighted by atomic mass is 19.1. The van der Waals surface area contributed by atoms with Crippen LogP contribution in [0.5, 0.6) is 0 Å². The first-order valence-corrected chi connectivity index (χ1v) is 5.51. The van der Waals surface area contributed by atoms with Gasteiger partial charge in [0.2, 0.25) is 0 Å². The van der Waals surface area contributed by atoms with E-state index in [4.69, 9.17) is 0 Å². The summed E-state index contributed by atoms with van der Waals surface area (Å²) in [6.07, 6.45) is 3.14. The van der Waals surface area contributed by atoms with E-state index in [9.17, 15) is 14.5 Å². The molecule has 0 N–H and O–H groups in total. The molecule has 2 aromatic rings. The number of aryl methyl sites for hydroxylation is 1. The van der Waals surface area contributed by atoms with Gasteiger partial charge in [-0.25, -0.2) is 0 Å². The molecule has 0 aliphatic rings. The molecule has 0 spiro atoms. The second-order valence-corrected chi connectivity index (χ2v) is 3.91. The van der Waals surface area contributed by atoms with Crippen LogP contribution < -0.4 is 0 Å². The molecule has 2 rings (SSSR count). The van der Waals surface area contributed by atoms with Crippen molar-refractivity contribution < 1.29 is 9.31 Å². The van der Waals surface area contributed by atoms with Gasteiger partial charge in [0, 0.05) is 30.3 Å². The predicted molar refractivity (Wildman–Crippen MR) is 63.8 cm³/mol. The first-order valence-electron chi connectivity index (χ1n) is 5.51. The molecule has 0 unspecified atom stereocenters. The fourth-order valence-electron chi connectivity index (χ4n) is 1.86. The summed E-state index contributed by atoms with van der Waals surface area (Å²) >= 11 is 0. The maximum absolute atomic E-state index is 12.0.